The largest absolute Gasteiger partial charge is 0.391 e. The number of carbonyl (C=O) groups is 1. The van der Waals surface area contributed by atoms with E-state index in [9.17, 15) is 15.0 Å². The molecule has 0 radical (unpaired) electrons. The fourth-order valence-corrected chi connectivity index (χ4v) is 5.77. The summed E-state index contributed by atoms with van der Waals surface area (Å²) >= 11 is 6.22. The number of aliphatic hydroxyl groups excluding tert-OH is 1. The van der Waals surface area contributed by atoms with E-state index in [0.29, 0.717) is 55.0 Å². The molecule has 1 saturated heterocycles. The molecule has 1 saturated carbocycles. The fraction of sp³-hybridized carbons (Fsp3) is 0.536. The number of aliphatic hydroxyl groups is 2. The average Bonchev–Trinajstić information content (AvgIpc) is 3.23. The first-order chi connectivity index (χ1) is 17.7. The molecule has 2 fully saturated rings. The van der Waals surface area contributed by atoms with E-state index in [2.05, 4.69) is 0 Å². The molecule has 1 heterocycles. The molecule has 2 aromatic rings. The molecule has 2 aromatic carbocycles. The molecule has 4 N–H and O–H groups in total. The second kappa shape index (κ2) is 12.2. The molecule has 0 spiro atoms. The van der Waals surface area contributed by atoms with Gasteiger partial charge in [-0.15, -0.1) is 0 Å². The summed E-state index contributed by atoms with van der Waals surface area (Å²) in [6, 6.07) is 11.1. The van der Waals surface area contributed by atoms with E-state index in [0.717, 1.165) is 0 Å². The van der Waals surface area contributed by atoms with E-state index in [1.54, 1.807) is 48.4 Å². The summed E-state index contributed by atoms with van der Waals surface area (Å²) in [5, 5.41) is 22.8. The lowest BCUT2D eigenvalue weighted by molar-refractivity contribution is -0.167. The number of ether oxygens (including phenoxy) is 2. The van der Waals surface area contributed by atoms with Crippen molar-refractivity contribution < 1.29 is 28.9 Å². The predicted octanol–water partition coefficient (Wildman–Crippen LogP) is 3.48. The van der Waals surface area contributed by atoms with Crippen molar-refractivity contribution in [2.24, 2.45) is 11.7 Å². The van der Waals surface area contributed by atoms with Gasteiger partial charge in [0, 0.05) is 42.8 Å². The van der Waals surface area contributed by atoms with Crippen molar-refractivity contribution in [1.82, 2.24) is 4.90 Å². The number of hydrogen-bond donors (Lipinski definition) is 3. The third kappa shape index (κ3) is 6.16. The van der Waals surface area contributed by atoms with Gasteiger partial charge in [-0.3, -0.25) is 4.79 Å². The van der Waals surface area contributed by atoms with Crippen LogP contribution in [-0.4, -0.2) is 72.7 Å². The van der Waals surface area contributed by atoms with Crippen LogP contribution in [-0.2, 0) is 19.9 Å². The summed E-state index contributed by atoms with van der Waals surface area (Å²) in [7, 11) is 1.62. The van der Waals surface area contributed by atoms with Gasteiger partial charge in [0.15, 0.2) is 0 Å². The minimum atomic E-state index is -1.59. The maximum Gasteiger partial charge on any atom is 0.226 e. The first-order valence-electron chi connectivity index (χ1n) is 12.8. The summed E-state index contributed by atoms with van der Waals surface area (Å²) in [5.74, 6) is -0.946. The van der Waals surface area contributed by atoms with E-state index in [-0.39, 0.29) is 37.0 Å². The zero-order chi connectivity index (χ0) is 26.6. The lowest BCUT2D eigenvalue weighted by Gasteiger charge is -2.43. The van der Waals surface area contributed by atoms with E-state index in [4.69, 9.17) is 26.8 Å². The third-order valence-electron chi connectivity index (χ3n) is 7.59. The van der Waals surface area contributed by atoms with Crippen molar-refractivity contribution >= 4 is 17.5 Å². The molecule has 2 aliphatic rings. The van der Waals surface area contributed by atoms with Crippen molar-refractivity contribution in [2.45, 2.75) is 56.0 Å². The number of morpholine rings is 1. The summed E-state index contributed by atoms with van der Waals surface area (Å²) in [4.78, 5) is 15.0. The molecule has 0 bridgehead atoms. The van der Waals surface area contributed by atoms with Crippen LogP contribution in [0.2, 0.25) is 5.02 Å². The highest BCUT2D eigenvalue weighted by atomic mass is 35.5. The molecule has 7 nitrogen and oxygen atoms in total. The summed E-state index contributed by atoms with van der Waals surface area (Å²) in [5.41, 5.74) is 5.56. The number of rotatable bonds is 9. The maximum atomic E-state index is 15.4. The molecular formula is C28H36ClFN2O5. The van der Waals surface area contributed by atoms with E-state index in [1.807, 2.05) is 0 Å². The second-order valence-corrected chi connectivity index (χ2v) is 10.5. The Labute approximate surface area is 222 Å². The van der Waals surface area contributed by atoms with Gasteiger partial charge in [0.1, 0.15) is 17.5 Å². The van der Waals surface area contributed by atoms with Gasteiger partial charge in [0.2, 0.25) is 5.91 Å². The minimum Gasteiger partial charge on any atom is -0.391 e. The maximum absolute atomic E-state index is 15.4. The van der Waals surface area contributed by atoms with Gasteiger partial charge in [0.05, 0.1) is 19.3 Å². The number of carbonyl (C=O) groups excluding carboxylic acids is 1. The highest BCUT2D eigenvalue weighted by Crippen LogP contribution is 2.42. The topological polar surface area (TPSA) is 105 Å². The first kappa shape index (κ1) is 28.0. The monoisotopic (exact) mass is 534 g/mol. The SMILES string of the molecule is COCCCC[C@](O)(c1cccc(F)c1-c1cccc(Cl)c1)[C@H]1CN(C(=O)[C@H]2C[C@@H](N)[C@@H](O)C2)CCO1. The van der Waals surface area contributed by atoms with Crippen LogP contribution in [0.4, 0.5) is 4.39 Å². The normalized spacial score (nSPS) is 25.7. The number of hydrogen-bond acceptors (Lipinski definition) is 6. The highest BCUT2D eigenvalue weighted by molar-refractivity contribution is 6.30. The zero-order valence-corrected chi connectivity index (χ0v) is 21.9. The van der Waals surface area contributed by atoms with Crippen molar-refractivity contribution in [1.29, 1.82) is 0 Å². The van der Waals surface area contributed by atoms with Crippen LogP contribution in [0.3, 0.4) is 0 Å². The standard InChI is InChI=1S/C28H36ClFN2O5/c1-36-12-3-2-10-28(35,21-8-5-9-22(30)26(21)18-6-4-7-20(29)14-18)25-17-32(11-13-37-25)27(34)19-15-23(31)24(33)16-19/h4-9,14,19,23-25,33,35H,2-3,10-13,15-17,31H2,1H3/t19-,23+,24-,25+,28-/m0/s1. The Kier molecular flexibility index (Phi) is 9.21. The van der Waals surface area contributed by atoms with E-state index < -0.39 is 29.7 Å². The molecule has 1 amide bonds. The molecule has 0 unspecified atom stereocenters. The third-order valence-corrected chi connectivity index (χ3v) is 7.82. The summed E-state index contributed by atoms with van der Waals surface area (Å²) < 4.78 is 26.7. The second-order valence-electron chi connectivity index (χ2n) is 10.1. The lowest BCUT2D eigenvalue weighted by atomic mass is 9.78. The van der Waals surface area contributed by atoms with Crippen molar-refractivity contribution in [3.8, 4) is 11.1 Å². The van der Waals surface area contributed by atoms with Gasteiger partial charge < -0.3 is 30.3 Å². The van der Waals surface area contributed by atoms with E-state index >= 15 is 4.39 Å². The lowest BCUT2D eigenvalue weighted by Crippen LogP contribution is -2.55. The molecule has 202 valence electrons. The Morgan fingerprint density at radius 2 is 2.05 bits per heavy atom. The average molecular weight is 535 g/mol. The molecule has 5 atom stereocenters. The Hall–Kier alpha value is -2.07. The van der Waals surface area contributed by atoms with Crippen molar-refractivity contribution in [3.63, 3.8) is 0 Å². The van der Waals surface area contributed by atoms with Crippen molar-refractivity contribution in [2.75, 3.05) is 33.4 Å². The summed E-state index contributed by atoms with van der Waals surface area (Å²) in [6.07, 6.45) is 0.857. The first-order valence-corrected chi connectivity index (χ1v) is 13.2. The number of amides is 1. The van der Waals surface area contributed by atoms with Crippen LogP contribution in [0.25, 0.3) is 11.1 Å². The van der Waals surface area contributed by atoms with Gasteiger partial charge in [-0.25, -0.2) is 4.39 Å². The smallest absolute Gasteiger partial charge is 0.226 e. The molecule has 1 aliphatic carbocycles. The number of methoxy groups -OCH3 is 1. The Morgan fingerprint density at radius 1 is 1.27 bits per heavy atom. The molecule has 9 heteroatoms. The minimum absolute atomic E-state index is 0.101. The Balaban J connectivity index is 1.68. The predicted molar refractivity (Wildman–Crippen MR) is 139 cm³/mol. The van der Waals surface area contributed by atoms with Gasteiger partial charge in [-0.2, -0.15) is 0 Å². The Bertz CT molecular complexity index is 1080. The number of nitrogens with zero attached hydrogens (tertiary/aromatic N) is 1. The van der Waals surface area contributed by atoms with Gasteiger partial charge >= 0.3 is 0 Å². The molecule has 1 aliphatic heterocycles. The van der Waals surface area contributed by atoms with Crippen LogP contribution in [0.15, 0.2) is 42.5 Å². The van der Waals surface area contributed by atoms with Gasteiger partial charge in [0.25, 0.3) is 0 Å². The molecule has 37 heavy (non-hydrogen) atoms. The van der Waals surface area contributed by atoms with Crippen LogP contribution in [0.1, 0.15) is 37.7 Å². The zero-order valence-electron chi connectivity index (χ0n) is 21.1. The number of halogens is 2. The number of benzene rings is 2. The highest BCUT2D eigenvalue weighted by Gasteiger charge is 2.46. The fourth-order valence-electron chi connectivity index (χ4n) is 5.58. The van der Waals surface area contributed by atoms with E-state index in [1.165, 1.54) is 6.07 Å². The summed E-state index contributed by atoms with van der Waals surface area (Å²) in [6.45, 7) is 1.29. The molecule has 0 aromatic heterocycles. The quantitative estimate of drug-likeness (QED) is 0.425. The molecular weight excluding hydrogens is 499 g/mol. The number of nitrogens with two attached hydrogens (primary N) is 1. The van der Waals surface area contributed by atoms with Gasteiger partial charge in [-0.1, -0.05) is 35.9 Å². The van der Waals surface area contributed by atoms with Crippen LogP contribution >= 0.6 is 11.6 Å². The van der Waals surface area contributed by atoms with Crippen LogP contribution in [0, 0.1) is 11.7 Å². The van der Waals surface area contributed by atoms with Crippen molar-refractivity contribution in [3.05, 3.63) is 58.9 Å². The number of unbranched alkanes of at least 4 members (excludes halogenated alkanes) is 1. The van der Waals surface area contributed by atoms with Gasteiger partial charge in [-0.05, 0) is 61.4 Å². The molecule has 4 rings (SSSR count). The Morgan fingerprint density at radius 3 is 2.76 bits per heavy atom. The van der Waals surface area contributed by atoms with Crippen LogP contribution < -0.4 is 5.73 Å². The van der Waals surface area contributed by atoms with Crippen LogP contribution in [0.5, 0.6) is 0 Å².